The fourth-order valence-corrected chi connectivity index (χ4v) is 14.7. The molecule has 1 amide bonds. The summed E-state index contributed by atoms with van der Waals surface area (Å²) >= 11 is 25.1. The molecule has 33 heteroatoms. The Labute approximate surface area is 658 Å². The van der Waals surface area contributed by atoms with Gasteiger partial charge in [-0.2, -0.15) is 0 Å². The minimum Gasteiger partial charge on any atom is -0.493 e. The van der Waals surface area contributed by atoms with Gasteiger partial charge in [-0.1, -0.05) is 47.5 Å². The molecule has 2 aliphatic rings. The van der Waals surface area contributed by atoms with Gasteiger partial charge in [0.2, 0.25) is 5.91 Å². The minimum absolute atomic E-state index is 0.123. The molecule has 6 N–H and O–H groups in total. The van der Waals surface area contributed by atoms with E-state index >= 15 is 0 Å². The average molecular weight is 1610 g/mol. The predicted octanol–water partition coefficient (Wildman–Crippen LogP) is 12.5. The van der Waals surface area contributed by atoms with Gasteiger partial charge in [0.1, 0.15) is 45.2 Å². The molecule has 2 aliphatic heterocycles. The number of pyridine rings is 2. The maximum absolute atomic E-state index is 13.2. The van der Waals surface area contributed by atoms with Crippen LogP contribution in [0.4, 0.5) is 0 Å². The quantitative estimate of drug-likeness (QED) is 0.0262. The van der Waals surface area contributed by atoms with Crippen LogP contribution in [-0.2, 0) is 19.1 Å². The number of ether oxygens (including phenoxy) is 4. The number of aromatic amines is 2. The molecule has 0 aliphatic carbocycles. The van der Waals surface area contributed by atoms with Crippen LogP contribution in [0.2, 0.25) is 10.0 Å². The van der Waals surface area contributed by atoms with E-state index in [2.05, 4.69) is 73.3 Å². The van der Waals surface area contributed by atoms with E-state index in [-0.39, 0.29) is 24.1 Å². The first kappa shape index (κ1) is 80.7. The summed E-state index contributed by atoms with van der Waals surface area (Å²) in [4.78, 5) is 97.1. The van der Waals surface area contributed by atoms with E-state index in [4.69, 9.17) is 81.1 Å². The van der Waals surface area contributed by atoms with Gasteiger partial charge in [0.25, 0.3) is 11.1 Å². The predicted molar refractivity (Wildman–Crippen MR) is 429 cm³/mol. The third-order valence-electron chi connectivity index (χ3n) is 17.6. The van der Waals surface area contributed by atoms with Crippen molar-refractivity contribution in [1.82, 2.24) is 63.9 Å². The van der Waals surface area contributed by atoms with Crippen LogP contribution >= 0.6 is 69.1 Å². The summed E-state index contributed by atoms with van der Waals surface area (Å²) in [7, 11) is 0. The van der Waals surface area contributed by atoms with Crippen molar-refractivity contribution in [2.24, 2.45) is 15.7 Å². The number of hydrogen-bond donors (Lipinski definition) is 5. The topological polar surface area (TPSA) is 351 Å². The van der Waals surface area contributed by atoms with Crippen molar-refractivity contribution >= 4 is 114 Å². The lowest BCUT2D eigenvalue weighted by Crippen LogP contribution is -2.27. The lowest BCUT2D eigenvalue weighted by molar-refractivity contribution is -0.137. The fourth-order valence-electron chi connectivity index (χ4n) is 12.1. The number of fused-ring (bicyclic) bond motifs is 8. The molecule has 2 unspecified atom stereocenters. The lowest BCUT2D eigenvalue weighted by Gasteiger charge is -2.13. The van der Waals surface area contributed by atoms with Crippen LogP contribution in [0.5, 0.6) is 11.5 Å². The normalized spacial score (nSPS) is 13.3. The van der Waals surface area contributed by atoms with Gasteiger partial charge in [0.15, 0.2) is 11.6 Å². The van der Waals surface area contributed by atoms with E-state index in [9.17, 15) is 33.9 Å². The highest BCUT2D eigenvalue weighted by Gasteiger charge is 2.34. The zero-order valence-electron chi connectivity index (χ0n) is 60.8. The number of halogens is 4. The highest BCUT2D eigenvalue weighted by atomic mass is 35.5. The van der Waals surface area contributed by atoms with E-state index in [1.165, 1.54) is 43.4 Å². The summed E-state index contributed by atoms with van der Waals surface area (Å²) in [6, 6.07) is 31.3. The second-order valence-corrected chi connectivity index (χ2v) is 29.3. The van der Waals surface area contributed by atoms with Crippen molar-refractivity contribution in [2.75, 3.05) is 58.1 Å². The SMILES string of the molecule is Cc1sc2c(c1C)C(c1ccc(Cl)cc1)=NC(CC(=O)NCCCOCCCOc1ccc3ncc(-n4ccc(=O)[nH]c4=O)cc3c1)c1nnc(C)n1-2.Cc1sc2c(c1C)C(c1ccc(Cl)cc1)=NC(CC(=O)O)c1nnc(C)n1-2.ClCCl.NCCCOCCCOc1ccc2ncc(-n3ccc(=O)[nH]c3=O)cc2c1. The number of rotatable bonds is 25. The summed E-state index contributed by atoms with van der Waals surface area (Å²) in [5.41, 5.74) is 13.8. The Hall–Kier alpha value is -10.3. The van der Waals surface area contributed by atoms with Crippen LogP contribution in [0.25, 0.3) is 43.2 Å². The van der Waals surface area contributed by atoms with Gasteiger partial charge >= 0.3 is 17.3 Å². The molecular weight excluding hydrogens is 1530 g/mol. The van der Waals surface area contributed by atoms with Crippen LogP contribution in [0, 0.1) is 41.5 Å². The second kappa shape index (κ2) is 37.9. The number of amides is 1. The second-order valence-electron chi connectivity index (χ2n) is 25.2. The Kier molecular flexibility index (Phi) is 27.8. The van der Waals surface area contributed by atoms with Crippen molar-refractivity contribution in [2.45, 2.75) is 92.2 Å². The number of thiophene rings is 2. The third-order valence-corrected chi connectivity index (χ3v) is 20.5. The van der Waals surface area contributed by atoms with Crippen molar-refractivity contribution in [3.8, 4) is 32.9 Å². The van der Waals surface area contributed by atoms with Crippen LogP contribution in [-0.4, -0.2) is 145 Å². The molecule has 8 aromatic heterocycles. The smallest absolute Gasteiger partial charge is 0.332 e. The summed E-state index contributed by atoms with van der Waals surface area (Å²) in [5, 5.41) is 34.8. The maximum atomic E-state index is 13.2. The Bertz CT molecular complexity index is 5600. The molecule has 2 atom stereocenters. The molecule has 10 heterocycles. The number of carboxylic acid groups (broad SMARTS) is 1. The molecule has 0 bridgehead atoms. The molecule has 0 fully saturated rings. The summed E-state index contributed by atoms with van der Waals surface area (Å²) < 4.78 is 29.6. The first-order valence-electron chi connectivity index (χ1n) is 35.0. The monoisotopic (exact) mass is 1610 g/mol. The van der Waals surface area contributed by atoms with Gasteiger partial charge in [-0.25, -0.2) is 9.59 Å². The third kappa shape index (κ3) is 19.8. The molecule has 14 rings (SSSR count). The number of nitrogens with one attached hydrogen (secondary N) is 3. The number of alkyl halides is 2. The number of carbonyl (C=O) groups is 2. The van der Waals surface area contributed by atoms with Crippen LogP contribution in [0.3, 0.4) is 0 Å². The van der Waals surface area contributed by atoms with Gasteiger partial charge in [-0.3, -0.25) is 67.4 Å². The Morgan fingerprint density at radius 2 is 0.982 bits per heavy atom. The molecule has 4 aromatic carbocycles. The van der Waals surface area contributed by atoms with E-state index in [0.29, 0.717) is 104 Å². The zero-order valence-corrected chi connectivity index (χ0v) is 65.4. The van der Waals surface area contributed by atoms with Crippen molar-refractivity contribution in [3.05, 3.63) is 252 Å². The van der Waals surface area contributed by atoms with E-state index in [1.807, 2.05) is 120 Å². The Morgan fingerprint density at radius 1 is 0.555 bits per heavy atom. The summed E-state index contributed by atoms with van der Waals surface area (Å²) in [6.45, 7) is 16.5. The van der Waals surface area contributed by atoms with Crippen molar-refractivity contribution in [3.63, 3.8) is 0 Å². The first-order valence-corrected chi connectivity index (χ1v) is 38.5. The number of nitrogens with two attached hydrogens (primary N) is 1. The number of aliphatic imine (C=N–C) groups is 2. The van der Waals surface area contributed by atoms with E-state index in [1.54, 1.807) is 35.1 Å². The van der Waals surface area contributed by atoms with Gasteiger partial charge in [-0.15, -0.1) is 66.3 Å². The number of aryl methyl sites for hydroxylation is 4. The minimum atomic E-state index is -0.926. The Balaban J connectivity index is 0.000000176. The van der Waals surface area contributed by atoms with E-state index in [0.717, 1.165) is 107 Å². The molecule has 0 saturated heterocycles. The molecular formula is C77H78Cl4N16O11S2. The van der Waals surface area contributed by atoms with Gasteiger partial charge in [-0.05, 0) is 145 Å². The van der Waals surface area contributed by atoms with Crippen LogP contribution in [0.15, 0.2) is 163 Å². The number of benzene rings is 4. The molecule has 110 heavy (non-hydrogen) atoms. The number of carboxylic acids is 1. The van der Waals surface area contributed by atoms with Crippen LogP contribution in [0.1, 0.15) is 117 Å². The van der Waals surface area contributed by atoms with E-state index < -0.39 is 40.6 Å². The van der Waals surface area contributed by atoms with Gasteiger partial charge in [0.05, 0.1) is 77.6 Å². The molecule has 27 nitrogen and oxygen atoms in total. The van der Waals surface area contributed by atoms with Crippen LogP contribution < -0.4 is 43.0 Å². The highest BCUT2D eigenvalue weighted by Crippen LogP contribution is 2.42. The molecule has 0 spiro atoms. The molecule has 0 saturated carbocycles. The number of aliphatic carboxylic acids is 1. The van der Waals surface area contributed by atoms with Crippen molar-refractivity contribution in [1.29, 1.82) is 0 Å². The molecule has 572 valence electrons. The number of nitrogens with zero attached hydrogens (tertiary/aromatic N) is 12. The zero-order chi connectivity index (χ0) is 78.1. The average Bonchev–Trinajstić information content (AvgIpc) is 1.59. The Morgan fingerprint density at radius 3 is 1.41 bits per heavy atom. The summed E-state index contributed by atoms with van der Waals surface area (Å²) in [5.74, 6) is 2.99. The molecule has 12 aromatic rings. The van der Waals surface area contributed by atoms with Crippen molar-refractivity contribution < 1.29 is 33.6 Å². The molecule has 0 radical (unpaired) electrons. The number of aromatic nitrogens is 12. The number of H-pyrrole nitrogens is 2. The first-order chi connectivity index (χ1) is 53.1. The largest absolute Gasteiger partial charge is 0.493 e. The maximum Gasteiger partial charge on any atom is 0.332 e. The standard InChI is InChI=1S/C38H37ClN8O5S.C19H17ClN4O2S.C19H22N4O4.CH2Cl2/c1-22-23(2)53-37-34(22)35(25-6-8-27(39)9-7-25)42-31(36-45-44-24(3)47(36)37)20-33(49)40-13-4-15-51-16-5-17-52-29-10-11-30-26(19-29)18-28(21-41-30)46-14-12-32(48)43-38(46)50;1-9-10(2)27-19-16(9)17(12-4-6-13(20)7-5-12)21-14(8-15(25)26)18-23-22-11(3)24(18)19;20-6-1-8-26-9-2-10-27-16-3-4-17-14(12-16)11-15(13-21-17)23-7-5-18(24)22-19(23)25;2-1-3/h6-12,14,18-19,21,31H,4-5,13,15-17,20H2,1-3H3,(H,40,49)(H,43,48,50);4-7,14H,8H2,1-3H3,(H,25,26);3-5,7,11-13H,1-2,6,8-10,20H2,(H,22,24,25);1H2. The lowest BCUT2D eigenvalue weighted by atomic mass is 9.99. The summed E-state index contributed by atoms with van der Waals surface area (Å²) in [6.07, 6.45) is 8.95. The number of hydrogen-bond acceptors (Lipinski definition) is 21. The van der Waals surface area contributed by atoms with Gasteiger partial charge in [0, 0.05) is 123 Å². The fraction of sp³-hybridized carbons (Fsp3) is 0.299. The van der Waals surface area contributed by atoms with Gasteiger partial charge < -0.3 is 35.1 Å². The number of carbonyl (C=O) groups excluding carboxylic acids is 1. The highest BCUT2D eigenvalue weighted by molar-refractivity contribution is 7.15.